The zero-order valence-electron chi connectivity index (χ0n) is 7.37. The average molecular weight is 213 g/mol. The number of nitrogens with zero attached hydrogens (tertiary/aromatic N) is 1. The number of Topliss-reactive ketones (excluding diaryl/α,β-unsaturated/α-hetero) is 1. The van der Waals surface area contributed by atoms with Crippen LogP contribution in [0.5, 0.6) is 0 Å². The largest absolute Gasteiger partial charge is 0.331 e. The van der Waals surface area contributed by atoms with Gasteiger partial charge >= 0.3 is 5.92 Å². The Hall–Kier alpha value is -1.85. The second-order valence-corrected chi connectivity index (χ2v) is 3.27. The second-order valence-electron chi connectivity index (χ2n) is 3.27. The van der Waals surface area contributed by atoms with Gasteiger partial charge in [-0.25, -0.2) is 0 Å². The van der Waals surface area contributed by atoms with E-state index < -0.39 is 27.9 Å². The number of nitro groups is 1. The molecule has 0 heterocycles. The average Bonchev–Trinajstić information content (AvgIpc) is 2.38. The van der Waals surface area contributed by atoms with Gasteiger partial charge in [-0.3, -0.25) is 14.9 Å². The van der Waals surface area contributed by atoms with Gasteiger partial charge in [0.05, 0.1) is 4.92 Å². The van der Waals surface area contributed by atoms with Crippen LogP contribution in [0.1, 0.15) is 11.1 Å². The fourth-order valence-electron chi connectivity index (χ4n) is 1.56. The summed E-state index contributed by atoms with van der Waals surface area (Å²) in [6.45, 7) is 0. The molecule has 0 fully saturated rings. The van der Waals surface area contributed by atoms with Crippen molar-refractivity contribution in [3.63, 3.8) is 0 Å². The number of hydrogen-bond acceptors (Lipinski definition) is 3. The molecular formula is C9H5F2NO3. The molecule has 0 unspecified atom stereocenters. The summed E-state index contributed by atoms with van der Waals surface area (Å²) in [7, 11) is 0. The van der Waals surface area contributed by atoms with Gasteiger partial charge in [0.2, 0.25) is 5.78 Å². The van der Waals surface area contributed by atoms with Gasteiger partial charge in [0, 0.05) is 24.1 Å². The van der Waals surface area contributed by atoms with Crippen molar-refractivity contribution in [3.05, 3.63) is 39.4 Å². The molecule has 78 valence electrons. The maximum atomic E-state index is 13.2. The quantitative estimate of drug-likeness (QED) is 0.528. The van der Waals surface area contributed by atoms with Gasteiger partial charge in [-0.15, -0.1) is 0 Å². The second kappa shape index (κ2) is 2.82. The van der Waals surface area contributed by atoms with E-state index >= 15 is 0 Å². The topological polar surface area (TPSA) is 60.2 Å². The highest BCUT2D eigenvalue weighted by molar-refractivity contribution is 5.93. The van der Waals surface area contributed by atoms with Crippen molar-refractivity contribution in [1.82, 2.24) is 0 Å². The molecule has 1 aromatic carbocycles. The molecule has 2 rings (SSSR count). The first kappa shape index (κ1) is 9.70. The summed E-state index contributed by atoms with van der Waals surface area (Å²) in [6.07, 6.45) is -0.361. The minimum Gasteiger partial charge on any atom is -0.292 e. The highest BCUT2D eigenvalue weighted by Gasteiger charge is 2.48. The Kier molecular flexibility index (Phi) is 1.82. The molecule has 0 atom stereocenters. The summed E-state index contributed by atoms with van der Waals surface area (Å²) in [5.74, 6) is -4.79. The zero-order valence-corrected chi connectivity index (χ0v) is 7.37. The van der Waals surface area contributed by atoms with E-state index in [-0.39, 0.29) is 12.0 Å². The van der Waals surface area contributed by atoms with Crippen LogP contribution in [0.4, 0.5) is 14.5 Å². The highest BCUT2D eigenvalue weighted by atomic mass is 19.3. The Balaban J connectivity index is 2.59. The Labute approximate surface area is 82.7 Å². The Morgan fingerprint density at radius 3 is 2.67 bits per heavy atom. The molecule has 1 aliphatic rings. The van der Waals surface area contributed by atoms with Gasteiger partial charge in [-0.05, 0) is 5.56 Å². The van der Waals surface area contributed by atoms with Crippen molar-refractivity contribution in [2.75, 3.05) is 0 Å². The van der Waals surface area contributed by atoms with E-state index in [4.69, 9.17) is 0 Å². The highest BCUT2D eigenvalue weighted by Crippen LogP contribution is 2.40. The number of hydrogen-bond donors (Lipinski definition) is 0. The summed E-state index contributed by atoms with van der Waals surface area (Å²) in [5.41, 5.74) is -0.805. The number of nitro benzene ring substituents is 1. The van der Waals surface area contributed by atoms with Gasteiger partial charge in [-0.1, -0.05) is 6.07 Å². The fraction of sp³-hybridized carbons (Fsp3) is 0.222. The van der Waals surface area contributed by atoms with Crippen LogP contribution in [0.2, 0.25) is 0 Å². The molecular weight excluding hydrogens is 208 g/mol. The molecule has 0 aromatic heterocycles. The molecule has 0 saturated carbocycles. The lowest BCUT2D eigenvalue weighted by molar-refractivity contribution is -0.385. The number of halogens is 2. The van der Waals surface area contributed by atoms with E-state index in [1.54, 1.807) is 0 Å². The predicted octanol–water partition coefficient (Wildman–Crippen LogP) is 1.81. The third-order valence-electron chi connectivity index (χ3n) is 2.34. The number of alkyl halides is 2. The summed E-state index contributed by atoms with van der Waals surface area (Å²) in [6, 6.07) is 3.08. The van der Waals surface area contributed by atoms with E-state index in [9.17, 15) is 23.7 Å². The van der Waals surface area contributed by atoms with E-state index in [2.05, 4.69) is 0 Å². The van der Waals surface area contributed by atoms with Crippen molar-refractivity contribution >= 4 is 11.5 Å². The molecule has 0 spiro atoms. The van der Waals surface area contributed by atoms with Crippen molar-refractivity contribution in [2.24, 2.45) is 0 Å². The molecule has 0 aliphatic heterocycles. The minimum atomic E-state index is -3.58. The number of benzene rings is 1. The normalized spacial score (nSPS) is 17.6. The molecule has 0 saturated heterocycles. The molecule has 6 heteroatoms. The summed E-state index contributed by atoms with van der Waals surface area (Å²) >= 11 is 0. The maximum Gasteiger partial charge on any atom is 0.331 e. The number of carbonyl (C=O) groups is 1. The van der Waals surface area contributed by atoms with E-state index in [0.717, 1.165) is 12.1 Å². The first-order valence-electron chi connectivity index (χ1n) is 4.12. The molecule has 1 aliphatic carbocycles. The van der Waals surface area contributed by atoms with Crippen LogP contribution < -0.4 is 0 Å². The lowest BCUT2D eigenvalue weighted by Gasteiger charge is -2.07. The lowest BCUT2D eigenvalue weighted by atomic mass is 10.1. The summed E-state index contributed by atoms with van der Waals surface area (Å²) in [5, 5.41) is 10.4. The van der Waals surface area contributed by atoms with Crippen molar-refractivity contribution in [2.45, 2.75) is 12.3 Å². The smallest absolute Gasteiger partial charge is 0.292 e. The monoisotopic (exact) mass is 213 g/mol. The van der Waals surface area contributed by atoms with Gasteiger partial charge in [0.15, 0.2) is 0 Å². The summed E-state index contributed by atoms with van der Waals surface area (Å²) < 4.78 is 26.4. The van der Waals surface area contributed by atoms with Gasteiger partial charge in [0.25, 0.3) is 5.69 Å². The van der Waals surface area contributed by atoms with Crippen molar-refractivity contribution in [1.29, 1.82) is 0 Å². The third-order valence-corrected chi connectivity index (χ3v) is 2.34. The van der Waals surface area contributed by atoms with E-state index in [1.165, 1.54) is 6.07 Å². The van der Waals surface area contributed by atoms with Crippen LogP contribution in [0.15, 0.2) is 18.2 Å². The fourth-order valence-corrected chi connectivity index (χ4v) is 1.56. The third kappa shape index (κ3) is 1.29. The Morgan fingerprint density at radius 1 is 1.40 bits per heavy atom. The Morgan fingerprint density at radius 2 is 2.07 bits per heavy atom. The zero-order chi connectivity index (χ0) is 11.2. The standard InChI is InChI=1S/C9H5F2NO3/c10-9(11)7-4-6(12(14)15)2-1-5(7)3-8(9)13/h1-2,4H,3H2. The van der Waals surface area contributed by atoms with Crippen LogP contribution in [0.3, 0.4) is 0 Å². The van der Waals surface area contributed by atoms with Crippen LogP contribution in [-0.4, -0.2) is 10.7 Å². The number of ketones is 1. The van der Waals surface area contributed by atoms with Crippen LogP contribution >= 0.6 is 0 Å². The molecule has 4 nitrogen and oxygen atoms in total. The molecule has 0 N–H and O–H groups in total. The van der Waals surface area contributed by atoms with Crippen LogP contribution in [0, 0.1) is 10.1 Å². The van der Waals surface area contributed by atoms with Gasteiger partial charge in [-0.2, -0.15) is 8.78 Å². The summed E-state index contributed by atoms with van der Waals surface area (Å²) in [4.78, 5) is 20.5. The van der Waals surface area contributed by atoms with Crippen LogP contribution in [0.25, 0.3) is 0 Å². The first-order valence-corrected chi connectivity index (χ1v) is 4.12. The maximum absolute atomic E-state index is 13.2. The molecule has 15 heavy (non-hydrogen) atoms. The van der Waals surface area contributed by atoms with Gasteiger partial charge in [0.1, 0.15) is 0 Å². The predicted molar refractivity (Wildman–Crippen MR) is 45.7 cm³/mol. The number of rotatable bonds is 1. The van der Waals surface area contributed by atoms with Crippen LogP contribution in [-0.2, 0) is 17.1 Å². The van der Waals surface area contributed by atoms with Crippen molar-refractivity contribution in [3.8, 4) is 0 Å². The van der Waals surface area contributed by atoms with Crippen molar-refractivity contribution < 1.29 is 18.5 Å². The molecule has 1 aromatic rings. The number of fused-ring (bicyclic) bond motifs is 1. The van der Waals surface area contributed by atoms with E-state index in [0.29, 0.717) is 0 Å². The van der Waals surface area contributed by atoms with E-state index in [1.807, 2.05) is 0 Å². The minimum absolute atomic E-state index is 0.163. The number of non-ortho nitro benzene ring substituents is 1. The molecule has 0 amide bonds. The first-order chi connectivity index (χ1) is 6.93. The molecule has 0 bridgehead atoms. The molecule has 0 radical (unpaired) electrons. The van der Waals surface area contributed by atoms with Gasteiger partial charge < -0.3 is 0 Å². The lowest BCUT2D eigenvalue weighted by Crippen LogP contribution is -2.19. The SMILES string of the molecule is O=C1Cc2ccc([N+](=O)[O-])cc2C1(F)F. The Bertz CT molecular complexity index is 470. The number of carbonyl (C=O) groups excluding carboxylic acids is 1.